The van der Waals surface area contributed by atoms with Gasteiger partial charge in [-0.3, -0.25) is 9.59 Å². The predicted octanol–water partition coefficient (Wildman–Crippen LogP) is 7.14. The lowest BCUT2D eigenvalue weighted by atomic mass is 10.1. The third-order valence-electron chi connectivity index (χ3n) is 6.34. The van der Waals surface area contributed by atoms with Crippen LogP contribution in [-0.2, 0) is 24.1 Å². The van der Waals surface area contributed by atoms with Crippen LogP contribution in [0.25, 0.3) is 0 Å². The van der Waals surface area contributed by atoms with Crippen LogP contribution in [0.4, 0.5) is 13.2 Å². The quantitative estimate of drug-likeness (QED) is 0.236. The molecule has 2 amide bonds. The van der Waals surface area contributed by atoms with Crippen LogP contribution in [-0.4, -0.2) is 45.8 Å². The van der Waals surface area contributed by atoms with Gasteiger partial charge in [-0.05, 0) is 54.3 Å². The molecule has 0 saturated heterocycles. The van der Waals surface area contributed by atoms with E-state index in [-0.39, 0.29) is 30.5 Å². The van der Waals surface area contributed by atoms with E-state index >= 15 is 0 Å². The molecule has 0 unspecified atom stereocenters. The number of aromatic nitrogens is 1. The van der Waals surface area contributed by atoms with Gasteiger partial charge in [0.2, 0.25) is 5.91 Å². The maximum atomic E-state index is 13.6. The van der Waals surface area contributed by atoms with Gasteiger partial charge in [-0.25, -0.2) is 0 Å². The van der Waals surface area contributed by atoms with E-state index in [1.54, 1.807) is 4.90 Å². The van der Waals surface area contributed by atoms with Crippen molar-refractivity contribution in [2.45, 2.75) is 52.9 Å². The van der Waals surface area contributed by atoms with E-state index in [0.717, 1.165) is 29.8 Å². The molecule has 0 spiro atoms. The fourth-order valence-electron chi connectivity index (χ4n) is 4.32. The Labute approximate surface area is 233 Å². The number of amides is 2. The summed E-state index contributed by atoms with van der Waals surface area (Å²) in [7, 11) is 0. The molecule has 1 heterocycles. The Kier molecular flexibility index (Phi) is 10.6. The zero-order valence-electron chi connectivity index (χ0n) is 22.5. The highest BCUT2D eigenvalue weighted by Gasteiger charge is 2.32. The molecule has 0 fully saturated rings. The van der Waals surface area contributed by atoms with Gasteiger partial charge >= 0.3 is 6.18 Å². The number of carbonyl (C=O) groups excluding carboxylic acids is 2. The van der Waals surface area contributed by atoms with Crippen LogP contribution in [0.2, 0.25) is 5.02 Å². The molecule has 0 aliphatic rings. The summed E-state index contributed by atoms with van der Waals surface area (Å²) in [5, 5.41) is 0.659. The molecule has 3 aromatic rings. The Morgan fingerprint density at radius 2 is 1.74 bits per heavy atom. The van der Waals surface area contributed by atoms with E-state index in [9.17, 15) is 22.8 Å². The largest absolute Gasteiger partial charge is 0.416 e. The van der Waals surface area contributed by atoms with Gasteiger partial charge in [0.15, 0.2) is 0 Å². The molecule has 0 atom stereocenters. The first-order valence-electron chi connectivity index (χ1n) is 13.1. The Bertz CT molecular complexity index is 1260. The molecule has 210 valence electrons. The molecular weight excluding hydrogens is 527 g/mol. The minimum Gasteiger partial charge on any atom is -0.345 e. The fraction of sp³-hybridized carbons (Fsp3) is 0.400. The van der Waals surface area contributed by atoms with Gasteiger partial charge in [-0.15, -0.1) is 0 Å². The number of carbonyl (C=O) groups is 2. The molecule has 0 radical (unpaired) electrons. The number of hydrogen-bond donors (Lipinski definition) is 0. The molecule has 0 N–H and O–H groups in total. The van der Waals surface area contributed by atoms with Crippen molar-refractivity contribution >= 4 is 23.4 Å². The molecule has 3 rings (SSSR count). The topological polar surface area (TPSA) is 45.6 Å². The second-order valence-electron chi connectivity index (χ2n) is 10.0. The van der Waals surface area contributed by atoms with Crippen molar-refractivity contribution in [2.75, 3.05) is 19.6 Å². The lowest BCUT2D eigenvalue weighted by molar-refractivity contribution is -0.137. The maximum absolute atomic E-state index is 13.6. The molecular formula is C30H35ClF3N3O2. The SMILES string of the molecule is CCCCN(CC(=O)N(Cc1cccn1Cc1ccccc1Cl)CC(C)C)C(=O)c1cccc(C(F)(F)F)c1. The zero-order chi connectivity index (χ0) is 28.6. The summed E-state index contributed by atoms with van der Waals surface area (Å²) in [6.07, 6.45) is -1.23. The van der Waals surface area contributed by atoms with E-state index in [1.807, 2.05) is 67.9 Å². The van der Waals surface area contributed by atoms with Crippen LogP contribution < -0.4 is 0 Å². The third kappa shape index (κ3) is 8.62. The first-order chi connectivity index (χ1) is 18.5. The summed E-state index contributed by atoms with van der Waals surface area (Å²) < 4.78 is 41.8. The molecule has 2 aromatic carbocycles. The van der Waals surface area contributed by atoms with E-state index in [4.69, 9.17) is 11.6 Å². The van der Waals surface area contributed by atoms with Crippen molar-refractivity contribution in [3.63, 3.8) is 0 Å². The molecule has 0 aliphatic heterocycles. The summed E-state index contributed by atoms with van der Waals surface area (Å²) in [5.74, 6) is -0.677. The minimum atomic E-state index is -4.56. The van der Waals surface area contributed by atoms with Gasteiger partial charge in [-0.1, -0.05) is 63.1 Å². The molecule has 39 heavy (non-hydrogen) atoms. The van der Waals surface area contributed by atoms with Crippen molar-refractivity contribution in [3.05, 3.63) is 94.3 Å². The zero-order valence-corrected chi connectivity index (χ0v) is 23.3. The Balaban J connectivity index is 1.81. The van der Waals surface area contributed by atoms with Crippen molar-refractivity contribution in [1.29, 1.82) is 0 Å². The summed E-state index contributed by atoms with van der Waals surface area (Å²) in [6, 6.07) is 15.8. The van der Waals surface area contributed by atoms with Crippen LogP contribution in [0, 0.1) is 5.92 Å². The van der Waals surface area contributed by atoms with Crippen LogP contribution in [0.15, 0.2) is 66.9 Å². The second kappa shape index (κ2) is 13.7. The smallest absolute Gasteiger partial charge is 0.345 e. The summed E-state index contributed by atoms with van der Waals surface area (Å²) in [6.45, 7) is 7.36. The van der Waals surface area contributed by atoms with Crippen molar-refractivity contribution in [1.82, 2.24) is 14.4 Å². The molecule has 0 saturated carbocycles. The van der Waals surface area contributed by atoms with Gasteiger partial charge in [0.25, 0.3) is 5.91 Å². The van der Waals surface area contributed by atoms with Gasteiger partial charge in [0, 0.05) is 42.1 Å². The number of halogens is 4. The molecule has 5 nitrogen and oxygen atoms in total. The van der Waals surface area contributed by atoms with E-state index in [2.05, 4.69) is 0 Å². The average Bonchev–Trinajstić information content (AvgIpc) is 3.32. The minimum absolute atomic E-state index is 0.0854. The van der Waals surface area contributed by atoms with Crippen LogP contribution in [0.1, 0.15) is 60.8 Å². The first-order valence-corrected chi connectivity index (χ1v) is 13.5. The van der Waals surface area contributed by atoms with Crippen LogP contribution in [0.3, 0.4) is 0 Å². The number of unbranched alkanes of at least 4 members (excludes halogenated alkanes) is 1. The second-order valence-corrected chi connectivity index (χ2v) is 10.5. The summed E-state index contributed by atoms with van der Waals surface area (Å²) in [4.78, 5) is 29.9. The van der Waals surface area contributed by atoms with Gasteiger partial charge in [-0.2, -0.15) is 13.2 Å². The third-order valence-corrected chi connectivity index (χ3v) is 6.71. The number of rotatable bonds is 12. The number of nitrogens with zero attached hydrogens (tertiary/aromatic N) is 3. The lowest BCUT2D eigenvalue weighted by Crippen LogP contribution is -2.44. The lowest BCUT2D eigenvalue weighted by Gasteiger charge is -2.29. The molecule has 1 aromatic heterocycles. The van der Waals surface area contributed by atoms with E-state index in [0.29, 0.717) is 31.1 Å². The fourth-order valence-corrected chi connectivity index (χ4v) is 4.52. The summed E-state index contributed by atoms with van der Waals surface area (Å²) >= 11 is 6.35. The highest BCUT2D eigenvalue weighted by atomic mass is 35.5. The monoisotopic (exact) mass is 561 g/mol. The Morgan fingerprint density at radius 1 is 1.00 bits per heavy atom. The van der Waals surface area contributed by atoms with Gasteiger partial charge in [0.1, 0.15) is 6.54 Å². The van der Waals surface area contributed by atoms with E-state index in [1.165, 1.54) is 17.0 Å². The van der Waals surface area contributed by atoms with Gasteiger partial charge < -0.3 is 14.4 Å². The Hall–Kier alpha value is -3.26. The standard InChI is InChI=1S/C30H35ClF3N3O2/c1-4-5-15-36(29(39)23-11-8-12-25(17-23)30(32,33)34)21-28(38)37(18-22(2)3)20-26-13-9-16-35(26)19-24-10-6-7-14-27(24)31/h6-14,16-17,22H,4-5,15,18-21H2,1-3H3. The van der Waals surface area contributed by atoms with Crippen molar-refractivity contribution < 1.29 is 22.8 Å². The Morgan fingerprint density at radius 3 is 2.41 bits per heavy atom. The highest BCUT2D eigenvalue weighted by molar-refractivity contribution is 6.31. The van der Waals surface area contributed by atoms with Crippen molar-refractivity contribution in [2.24, 2.45) is 5.92 Å². The predicted molar refractivity (Wildman–Crippen MR) is 147 cm³/mol. The molecule has 9 heteroatoms. The van der Waals surface area contributed by atoms with Gasteiger partial charge in [0.05, 0.1) is 12.1 Å². The highest BCUT2D eigenvalue weighted by Crippen LogP contribution is 2.30. The average molecular weight is 562 g/mol. The molecule has 0 bridgehead atoms. The van der Waals surface area contributed by atoms with Crippen molar-refractivity contribution in [3.8, 4) is 0 Å². The normalized spacial score (nSPS) is 11.6. The molecule has 0 aliphatic carbocycles. The van der Waals surface area contributed by atoms with Crippen LogP contribution in [0.5, 0.6) is 0 Å². The number of hydrogen-bond acceptors (Lipinski definition) is 2. The first kappa shape index (κ1) is 30.3. The number of alkyl halides is 3. The van der Waals surface area contributed by atoms with Crippen LogP contribution >= 0.6 is 11.6 Å². The van der Waals surface area contributed by atoms with E-state index < -0.39 is 17.6 Å². The number of benzene rings is 2. The maximum Gasteiger partial charge on any atom is 0.416 e. The summed E-state index contributed by atoms with van der Waals surface area (Å²) in [5.41, 5.74) is 0.887.